The number of nitrogens with one attached hydrogen (secondary N) is 1. The van der Waals surface area contributed by atoms with Crippen molar-refractivity contribution in [1.82, 2.24) is 5.32 Å². The van der Waals surface area contributed by atoms with Gasteiger partial charge in [0, 0.05) is 38.1 Å². The largest absolute Gasteiger partial charge is 0.493 e. The van der Waals surface area contributed by atoms with E-state index in [-0.39, 0.29) is 42.8 Å². The third-order valence-corrected chi connectivity index (χ3v) is 8.26. The Morgan fingerprint density at radius 2 is 1.79 bits per heavy atom. The second-order valence-corrected chi connectivity index (χ2v) is 11.8. The first-order chi connectivity index (χ1) is 18.0. The van der Waals surface area contributed by atoms with Gasteiger partial charge in [0.15, 0.2) is 11.5 Å². The number of halogens is 1. The SMILES string of the molecule is COCCCOc1cc(C[C@@H](C[C@H](N)[C@@H](O)CNC(=O)C(C)(C)[C@H]2CC[C@@H](O)CC2)C(C)C)ccc1OC.Cl. The van der Waals surface area contributed by atoms with Crippen LogP contribution in [-0.4, -0.2) is 68.3 Å². The van der Waals surface area contributed by atoms with Gasteiger partial charge in [-0.05, 0) is 74.0 Å². The Kier molecular flexibility index (Phi) is 15.7. The molecule has 3 atom stereocenters. The van der Waals surface area contributed by atoms with Gasteiger partial charge >= 0.3 is 0 Å². The molecule has 0 spiro atoms. The maximum Gasteiger partial charge on any atom is 0.226 e. The summed E-state index contributed by atoms with van der Waals surface area (Å²) in [5.74, 6) is 2.17. The second kappa shape index (κ2) is 17.3. The van der Waals surface area contributed by atoms with Crippen LogP contribution in [0.2, 0.25) is 0 Å². The lowest BCUT2D eigenvalue weighted by atomic mass is 9.70. The molecule has 0 heterocycles. The number of aliphatic hydroxyl groups is 2. The second-order valence-electron chi connectivity index (χ2n) is 11.8. The smallest absolute Gasteiger partial charge is 0.226 e. The highest BCUT2D eigenvalue weighted by molar-refractivity contribution is 5.85. The highest BCUT2D eigenvalue weighted by atomic mass is 35.5. The zero-order valence-corrected chi connectivity index (χ0v) is 25.6. The Labute approximate surface area is 241 Å². The molecule has 1 aliphatic rings. The summed E-state index contributed by atoms with van der Waals surface area (Å²) in [6, 6.07) is 5.54. The molecule has 0 radical (unpaired) electrons. The summed E-state index contributed by atoms with van der Waals surface area (Å²) < 4.78 is 16.5. The summed E-state index contributed by atoms with van der Waals surface area (Å²) in [7, 11) is 3.31. The highest BCUT2D eigenvalue weighted by Gasteiger charge is 2.38. The zero-order chi connectivity index (χ0) is 28.3. The molecule has 2 rings (SSSR count). The predicted molar refractivity (Wildman–Crippen MR) is 158 cm³/mol. The van der Waals surface area contributed by atoms with E-state index in [0.717, 1.165) is 44.1 Å². The quantitative estimate of drug-likeness (QED) is 0.220. The number of benzene rings is 1. The summed E-state index contributed by atoms with van der Waals surface area (Å²) in [5, 5.41) is 23.5. The lowest BCUT2D eigenvalue weighted by molar-refractivity contribution is -0.134. The summed E-state index contributed by atoms with van der Waals surface area (Å²) >= 11 is 0. The fourth-order valence-electron chi connectivity index (χ4n) is 5.31. The van der Waals surface area contributed by atoms with E-state index in [1.54, 1.807) is 14.2 Å². The maximum absolute atomic E-state index is 13.0. The van der Waals surface area contributed by atoms with E-state index in [9.17, 15) is 15.0 Å². The van der Waals surface area contributed by atoms with E-state index in [2.05, 4.69) is 19.2 Å². The molecule has 9 heteroatoms. The van der Waals surface area contributed by atoms with Crippen LogP contribution in [0.15, 0.2) is 18.2 Å². The van der Waals surface area contributed by atoms with Gasteiger partial charge in [-0.3, -0.25) is 4.79 Å². The summed E-state index contributed by atoms with van der Waals surface area (Å²) in [6.07, 6.45) is 4.29. The third kappa shape index (κ3) is 11.1. The van der Waals surface area contributed by atoms with Crippen LogP contribution >= 0.6 is 12.4 Å². The molecule has 1 fully saturated rings. The molecule has 0 aliphatic heterocycles. The van der Waals surface area contributed by atoms with Crippen LogP contribution in [0.3, 0.4) is 0 Å². The van der Waals surface area contributed by atoms with Crippen LogP contribution in [0.1, 0.15) is 71.8 Å². The number of hydrogen-bond donors (Lipinski definition) is 4. The molecule has 0 saturated heterocycles. The van der Waals surface area contributed by atoms with Gasteiger partial charge in [0.05, 0.1) is 25.9 Å². The van der Waals surface area contributed by atoms with Gasteiger partial charge in [-0.1, -0.05) is 33.8 Å². The van der Waals surface area contributed by atoms with Gasteiger partial charge in [0.1, 0.15) is 0 Å². The molecule has 0 aromatic heterocycles. The zero-order valence-electron chi connectivity index (χ0n) is 24.8. The average molecular weight is 573 g/mol. The first-order valence-electron chi connectivity index (χ1n) is 14.2. The van der Waals surface area contributed by atoms with Crippen molar-refractivity contribution in [3.8, 4) is 11.5 Å². The Morgan fingerprint density at radius 1 is 1.13 bits per heavy atom. The first kappa shape index (κ1) is 35.4. The van der Waals surface area contributed by atoms with Crippen molar-refractivity contribution < 1.29 is 29.2 Å². The first-order valence-corrected chi connectivity index (χ1v) is 14.2. The Balaban J connectivity index is 0.00000760. The van der Waals surface area contributed by atoms with E-state index in [0.29, 0.717) is 37.1 Å². The normalized spacial score (nSPS) is 20.1. The Bertz CT molecular complexity index is 845. The van der Waals surface area contributed by atoms with Gasteiger partial charge in [-0.25, -0.2) is 0 Å². The van der Waals surface area contributed by atoms with Crippen molar-refractivity contribution in [3.63, 3.8) is 0 Å². The summed E-state index contributed by atoms with van der Waals surface area (Å²) in [4.78, 5) is 13.0. The number of rotatable bonds is 16. The van der Waals surface area contributed by atoms with E-state index in [4.69, 9.17) is 19.9 Å². The topological polar surface area (TPSA) is 123 Å². The van der Waals surface area contributed by atoms with Crippen molar-refractivity contribution in [3.05, 3.63) is 23.8 Å². The van der Waals surface area contributed by atoms with Gasteiger partial charge < -0.3 is 35.5 Å². The maximum atomic E-state index is 13.0. The standard InChI is InChI=1S/C30H52N2O6.ClH/c1-20(2)22(16-21-8-13-27(37-6)28(17-21)38-15-7-14-36-5)18-25(31)26(34)19-32-29(35)30(3,4)23-9-11-24(33)12-10-23;/h8,13,17,20,22-26,33-34H,7,9-12,14-16,18-19,31H2,1-6H3,(H,32,35);1H/t22-,23-,24+,25-,26-;/m0./s1. The molecule has 226 valence electrons. The Morgan fingerprint density at radius 3 is 2.38 bits per heavy atom. The van der Waals surface area contributed by atoms with Crippen molar-refractivity contribution in [2.75, 3.05) is 34.0 Å². The molecule has 0 bridgehead atoms. The molecule has 1 saturated carbocycles. The Hall–Kier alpha value is -1.58. The monoisotopic (exact) mass is 572 g/mol. The number of carbonyl (C=O) groups is 1. The van der Waals surface area contributed by atoms with Crippen LogP contribution in [0.25, 0.3) is 0 Å². The fourth-order valence-corrected chi connectivity index (χ4v) is 5.31. The van der Waals surface area contributed by atoms with E-state index in [1.165, 1.54) is 0 Å². The number of ether oxygens (including phenoxy) is 3. The van der Waals surface area contributed by atoms with E-state index >= 15 is 0 Å². The van der Waals surface area contributed by atoms with Crippen LogP contribution in [0, 0.1) is 23.2 Å². The molecule has 1 aliphatic carbocycles. The minimum absolute atomic E-state index is 0. The van der Waals surface area contributed by atoms with Crippen LogP contribution in [0.4, 0.5) is 0 Å². The average Bonchev–Trinajstić information content (AvgIpc) is 2.89. The van der Waals surface area contributed by atoms with Gasteiger partial charge in [-0.15, -0.1) is 12.4 Å². The minimum atomic E-state index is -0.834. The molecule has 0 unspecified atom stereocenters. The van der Waals surface area contributed by atoms with Gasteiger partial charge in [0.2, 0.25) is 5.91 Å². The summed E-state index contributed by atoms with van der Waals surface area (Å²) in [6.45, 7) is 9.56. The summed E-state index contributed by atoms with van der Waals surface area (Å²) in [5.41, 5.74) is 7.02. The molecule has 1 aromatic rings. The lowest BCUT2D eigenvalue weighted by Crippen LogP contribution is -2.49. The highest BCUT2D eigenvalue weighted by Crippen LogP contribution is 2.38. The minimum Gasteiger partial charge on any atom is -0.493 e. The fraction of sp³-hybridized carbons (Fsp3) is 0.767. The predicted octanol–water partition coefficient (Wildman–Crippen LogP) is 4.12. The number of amides is 1. The van der Waals surface area contributed by atoms with Gasteiger partial charge in [-0.2, -0.15) is 0 Å². The van der Waals surface area contributed by atoms with E-state index < -0.39 is 17.6 Å². The van der Waals surface area contributed by atoms with Crippen molar-refractivity contribution in [1.29, 1.82) is 0 Å². The van der Waals surface area contributed by atoms with Crippen LogP contribution in [-0.2, 0) is 16.0 Å². The number of aliphatic hydroxyl groups excluding tert-OH is 2. The van der Waals surface area contributed by atoms with E-state index in [1.807, 2.05) is 32.0 Å². The van der Waals surface area contributed by atoms with Crippen LogP contribution in [0.5, 0.6) is 11.5 Å². The molecular weight excluding hydrogens is 520 g/mol. The molecule has 8 nitrogen and oxygen atoms in total. The number of methoxy groups -OCH3 is 2. The molecule has 1 aromatic carbocycles. The van der Waals surface area contributed by atoms with Crippen molar-refractivity contribution >= 4 is 18.3 Å². The molecule has 1 amide bonds. The number of carbonyl (C=O) groups excluding carboxylic acids is 1. The van der Waals surface area contributed by atoms with Crippen LogP contribution < -0.4 is 20.5 Å². The lowest BCUT2D eigenvalue weighted by Gasteiger charge is -2.37. The van der Waals surface area contributed by atoms with Crippen molar-refractivity contribution in [2.45, 2.75) is 90.9 Å². The van der Waals surface area contributed by atoms with Crippen molar-refractivity contribution in [2.24, 2.45) is 28.9 Å². The number of hydrogen-bond acceptors (Lipinski definition) is 7. The molecule has 39 heavy (non-hydrogen) atoms. The number of nitrogens with two attached hydrogens (primary N) is 1. The molecular formula is C30H53ClN2O6. The third-order valence-electron chi connectivity index (χ3n) is 8.26. The molecule has 5 N–H and O–H groups in total. The van der Waals surface area contributed by atoms with Gasteiger partial charge in [0.25, 0.3) is 0 Å².